The van der Waals surface area contributed by atoms with Gasteiger partial charge in [-0.1, -0.05) is 17.8 Å². The van der Waals surface area contributed by atoms with Crippen LogP contribution in [0.2, 0.25) is 0 Å². The van der Waals surface area contributed by atoms with Crippen molar-refractivity contribution in [3.8, 4) is 11.5 Å². The van der Waals surface area contributed by atoms with Gasteiger partial charge in [0.25, 0.3) is 0 Å². The minimum absolute atomic E-state index is 0.103. The number of rotatable bonds is 5. The van der Waals surface area contributed by atoms with Crippen LogP contribution in [0.1, 0.15) is 12.0 Å². The summed E-state index contributed by atoms with van der Waals surface area (Å²) in [5, 5.41) is 6.11. The molecule has 1 aromatic rings. The van der Waals surface area contributed by atoms with Crippen LogP contribution < -0.4 is 14.8 Å². The first-order valence-electron chi connectivity index (χ1n) is 7.83. The molecule has 0 unspecified atom stereocenters. The first-order valence-corrected chi connectivity index (χ1v) is 8.71. The number of nitrogens with one attached hydrogen (secondary N) is 1. The Morgan fingerprint density at radius 2 is 2.29 bits per heavy atom. The molecule has 0 radical (unpaired) electrons. The zero-order valence-electron chi connectivity index (χ0n) is 13.0. The summed E-state index contributed by atoms with van der Waals surface area (Å²) in [7, 11) is 0. The highest BCUT2D eigenvalue weighted by Crippen LogP contribution is 2.33. The van der Waals surface area contributed by atoms with Crippen LogP contribution in [0, 0.1) is 0 Å². The molecule has 24 heavy (non-hydrogen) atoms. The normalized spacial score (nSPS) is 17.9. The number of carbonyl (C=O) groups is 1. The van der Waals surface area contributed by atoms with Gasteiger partial charge in [-0.15, -0.1) is 0 Å². The quantitative estimate of drug-likeness (QED) is 0.831. The number of amidine groups is 1. The number of hydrogen-bond acceptors (Lipinski definition) is 6. The van der Waals surface area contributed by atoms with Gasteiger partial charge in [0.1, 0.15) is 0 Å². The van der Waals surface area contributed by atoms with Crippen LogP contribution in [0.25, 0.3) is 6.08 Å². The predicted octanol–water partition coefficient (Wildman–Crippen LogP) is 2.19. The fourth-order valence-corrected chi connectivity index (χ4v) is 3.72. The molecule has 0 atom stereocenters. The van der Waals surface area contributed by atoms with E-state index in [4.69, 9.17) is 9.47 Å². The summed E-state index contributed by atoms with van der Waals surface area (Å²) in [5.41, 5.74) is 2.14. The lowest BCUT2D eigenvalue weighted by Gasteiger charge is -2.16. The van der Waals surface area contributed by atoms with Crippen molar-refractivity contribution in [1.29, 1.82) is 0 Å². The lowest BCUT2D eigenvalue weighted by Crippen LogP contribution is -2.26. The van der Waals surface area contributed by atoms with E-state index in [1.54, 1.807) is 17.8 Å². The topological polar surface area (TPSA) is 63.2 Å². The Balaban J connectivity index is 1.26. The molecule has 7 heteroatoms. The molecule has 0 saturated carbocycles. The lowest BCUT2D eigenvalue weighted by atomic mass is 10.2. The van der Waals surface area contributed by atoms with Gasteiger partial charge in [-0.25, -0.2) is 0 Å². The van der Waals surface area contributed by atoms with Crippen molar-refractivity contribution in [1.82, 2.24) is 10.2 Å². The molecule has 3 heterocycles. The molecule has 0 bridgehead atoms. The number of thioether (sulfide) groups is 1. The molecule has 6 nitrogen and oxygen atoms in total. The van der Waals surface area contributed by atoms with Crippen LogP contribution in [-0.2, 0) is 4.79 Å². The fraction of sp³-hybridized carbons (Fsp3) is 0.294. The third-order valence-corrected chi connectivity index (χ3v) is 4.90. The van der Waals surface area contributed by atoms with Gasteiger partial charge in [-0.3, -0.25) is 9.79 Å². The summed E-state index contributed by atoms with van der Waals surface area (Å²) in [6, 6.07) is 5.60. The largest absolute Gasteiger partial charge is 0.454 e. The predicted molar refractivity (Wildman–Crippen MR) is 93.9 cm³/mol. The Morgan fingerprint density at radius 1 is 1.38 bits per heavy atom. The van der Waals surface area contributed by atoms with Gasteiger partial charge in [0.15, 0.2) is 16.7 Å². The van der Waals surface area contributed by atoms with Crippen molar-refractivity contribution in [3.63, 3.8) is 0 Å². The average molecular weight is 343 g/mol. The highest BCUT2D eigenvalue weighted by atomic mass is 32.2. The number of carbonyl (C=O) groups excluding carboxylic acids is 1. The first-order chi connectivity index (χ1) is 11.8. The zero-order chi connectivity index (χ0) is 16.4. The standard InChI is InChI=1S/C17H17N3O3S/c21-16(4-2-12-1-3-14-15(9-12)23-11-22-14)18-6-5-13-10-24-17-19-7-8-20(13)17/h1-4,9-10H,5-8,11H2,(H,18,21)/b4-2+. The van der Waals surface area contributed by atoms with Crippen LogP contribution >= 0.6 is 11.8 Å². The van der Waals surface area contributed by atoms with Gasteiger partial charge in [0, 0.05) is 31.3 Å². The maximum Gasteiger partial charge on any atom is 0.244 e. The van der Waals surface area contributed by atoms with E-state index in [9.17, 15) is 4.79 Å². The van der Waals surface area contributed by atoms with Crippen LogP contribution in [0.3, 0.4) is 0 Å². The summed E-state index contributed by atoms with van der Waals surface area (Å²) in [6.07, 6.45) is 4.13. The van der Waals surface area contributed by atoms with E-state index in [1.807, 2.05) is 18.2 Å². The van der Waals surface area contributed by atoms with Crippen LogP contribution in [0.5, 0.6) is 11.5 Å². The van der Waals surface area contributed by atoms with Gasteiger partial charge in [0.2, 0.25) is 12.7 Å². The molecule has 124 valence electrons. The number of nitrogens with zero attached hydrogens (tertiary/aromatic N) is 2. The lowest BCUT2D eigenvalue weighted by molar-refractivity contribution is -0.116. The van der Waals surface area contributed by atoms with E-state index in [0.717, 1.165) is 36.0 Å². The van der Waals surface area contributed by atoms with E-state index in [0.29, 0.717) is 12.3 Å². The number of benzene rings is 1. The Kier molecular flexibility index (Phi) is 4.17. The molecular formula is C17H17N3O3S. The molecule has 4 rings (SSSR count). The molecule has 1 aromatic carbocycles. The molecule has 0 fully saturated rings. The fourth-order valence-electron chi connectivity index (χ4n) is 2.73. The van der Waals surface area contributed by atoms with Crippen molar-refractivity contribution < 1.29 is 14.3 Å². The highest BCUT2D eigenvalue weighted by Gasteiger charge is 2.25. The Labute approximate surface area is 144 Å². The first kappa shape index (κ1) is 15.1. The van der Waals surface area contributed by atoms with E-state index in [1.165, 1.54) is 11.8 Å². The Bertz CT molecular complexity index is 757. The van der Waals surface area contributed by atoms with Crippen molar-refractivity contribution in [3.05, 3.63) is 40.9 Å². The second kappa shape index (κ2) is 6.60. The summed E-state index contributed by atoms with van der Waals surface area (Å²) in [5.74, 6) is 1.35. The number of ether oxygens (including phenoxy) is 2. The molecule has 1 N–H and O–H groups in total. The maximum absolute atomic E-state index is 11.9. The van der Waals surface area contributed by atoms with Gasteiger partial charge in [0.05, 0.1) is 6.54 Å². The number of aliphatic imine (C=N–C) groups is 1. The summed E-state index contributed by atoms with van der Waals surface area (Å²) < 4.78 is 10.6. The molecule has 0 aromatic heterocycles. The second-order valence-corrected chi connectivity index (χ2v) is 6.37. The second-order valence-electron chi connectivity index (χ2n) is 5.53. The van der Waals surface area contributed by atoms with Crippen LogP contribution in [0.15, 0.2) is 40.4 Å². The van der Waals surface area contributed by atoms with Crippen molar-refractivity contribution >= 4 is 28.9 Å². The molecular weight excluding hydrogens is 326 g/mol. The minimum atomic E-state index is -0.103. The molecule has 0 aliphatic carbocycles. The molecule has 1 amide bonds. The molecule has 3 aliphatic rings. The Morgan fingerprint density at radius 3 is 3.25 bits per heavy atom. The minimum Gasteiger partial charge on any atom is -0.454 e. The van der Waals surface area contributed by atoms with E-state index in [-0.39, 0.29) is 12.7 Å². The van der Waals surface area contributed by atoms with Gasteiger partial charge < -0.3 is 19.7 Å². The molecule has 0 saturated heterocycles. The van der Waals surface area contributed by atoms with Crippen molar-refractivity contribution in [2.24, 2.45) is 4.99 Å². The summed E-state index contributed by atoms with van der Waals surface area (Å²) in [4.78, 5) is 18.6. The van der Waals surface area contributed by atoms with E-state index in [2.05, 4.69) is 20.6 Å². The summed E-state index contributed by atoms with van der Waals surface area (Å²) >= 11 is 1.66. The van der Waals surface area contributed by atoms with Crippen molar-refractivity contribution in [2.45, 2.75) is 6.42 Å². The number of hydrogen-bond donors (Lipinski definition) is 1. The summed E-state index contributed by atoms with van der Waals surface area (Å²) in [6.45, 7) is 2.68. The van der Waals surface area contributed by atoms with Crippen LogP contribution in [-0.4, -0.2) is 42.4 Å². The molecule has 3 aliphatic heterocycles. The molecule has 0 spiro atoms. The SMILES string of the molecule is O=C(/C=C/c1ccc2c(c1)OCO2)NCCC1=CSC2=NCCN12. The maximum atomic E-state index is 11.9. The van der Waals surface area contributed by atoms with Crippen molar-refractivity contribution in [2.75, 3.05) is 26.4 Å². The van der Waals surface area contributed by atoms with Crippen LogP contribution in [0.4, 0.5) is 0 Å². The van der Waals surface area contributed by atoms with Gasteiger partial charge >= 0.3 is 0 Å². The average Bonchev–Trinajstić information content (AvgIpc) is 3.30. The highest BCUT2D eigenvalue weighted by molar-refractivity contribution is 8.16. The third kappa shape index (κ3) is 3.12. The van der Waals surface area contributed by atoms with E-state index < -0.39 is 0 Å². The smallest absolute Gasteiger partial charge is 0.244 e. The number of fused-ring (bicyclic) bond motifs is 2. The van der Waals surface area contributed by atoms with Gasteiger partial charge in [-0.05, 0) is 29.2 Å². The third-order valence-electron chi connectivity index (χ3n) is 3.95. The van der Waals surface area contributed by atoms with E-state index >= 15 is 0 Å². The Hall–Kier alpha value is -2.41. The zero-order valence-corrected chi connectivity index (χ0v) is 13.8. The monoisotopic (exact) mass is 343 g/mol. The number of amides is 1. The van der Waals surface area contributed by atoms with Gasteiger partial charge in [-0.2, -0.15) is 0 Å².